The first-order valence-electron chi connectivity index (χ1n) is 12.1. The molecular formula is C22H36N8O4S. The molecule has 4 N–H and O–H groups in total. The van der Waals surface area contributed by atoms with Crippen LogP contribution < -0.4 is 10.6 Å². The van der Waals surface area contributed by atoms with Crippen LogP contribution in [0.2, 0.25) is 0 Å². The number of aliphatic hydroxyl groups is 2. The molecule has 0 radical (unpaired) electrons. The van der Waals surface area contributed by atoms with Gasteiger partial charge in [-0.3, -0.25) is 9.59 Å². The number of amides is 2. The molecule has 2 heterocycles. The number of aromatic nitrogens is 5. The van der Waals surface area contributed by atoms with Gasteiger partial charge in [-0.15, -0.1) is 5.10 Å². The van der Waals surface area contributed by atoms with Crippen LogP contribution >= 0.6 is 11.8 Å². The fourth-order valence-electron chi connectivity index (χ4n) is 3.96. The average molecular weight is 509 g/mol. The van der Waals surface area contributed by atoms with Crippen LogP contribution in [0, 0.1) is 5.92 Å². The molecule has 0 bridgehead atoms. The van der Waals surface area contributed by atoms with Crippen molar-refractivity contribution in [2.24, 2.45) is 5.92 Å². The molecule has 1 saturated carbocycles. The smallest absolute Gasteiger partial charge is 0.225 e. The molecule has 1 fully saturated rings. The number of thioether (sulfide) groups is 1. The molecule has 2 amide bonds. The minimum Gasteiger partial charge on any atom is -0.390 e. The number of hydrogen-bond donors (Lipinski definition) is 4. The van der Waals surface area contributed by atoms with Gasteiger partial charge in [-0.1, -0.05) is 37.2 Å². The van der Waals surface area contributed by atoms with Crippen LogP contribution in [-0.4, -0.2) is 97.0 Å². The van der Waals surface area contributed by atoms with Crippen molar-refractivity contribution in [3.63, 3.8) is 0 Å². The third kappa shape index (κ3) is 6.39. The van der Waals surface area contributed by atoms with E-state index in [1.165, 1.54) is 21.3 Å². The van der Waals surface area contributed by atoms with Gasteiger partial charge < -0.3 is 25.7 Å². The summed E-state index contributed by atoms with van der Waals surface area (Å²) in [6.45, 7) is 5.08. The number of nitrogens with one attached hydrogen (secondary N) is 2. The van der Waals surface area contributed by atoms with E-state index >= 15 is 0 Å². The van der Waals surface area contributed by atoms with Gasteiger partial charge in [0.25, 0.3) is 0 Å². The molecule has 194 valence electrons. The van der Waals surface area contributed by atoms with E-state index in [2.05, 4.69) is 44.8 Å². The lowest BCUT2D eigenvalue weighted by atomic mass is 10.0. The number of rotatable bonds is 12. The van der Waals surface area contributed by atoms with Crippen LogP contribution in [-0.2, 0) is 9.59 Å². The highest BCUT2D eigenvalue weighted by molar-refractivity contribution is 7.99. The number of carbonyl (C=O) groups is 2. The second-order valence-corrected chi connectivity index (χ2v) is 9.97. The molecule has 1 aliphatic carbocycles. The van der Waals surface area contributed by atoms with Gasteiger partial charge in [0, 0.05) is 39.4 Å². The van der Waals surface area contributed by atoms with Crippen molar-refractivity contribution in [3.05, 3.63) is 0 Å². The van der Waals surface area contributed by atoms with Crippen molar-refractivity contribution in [2.45, 2.75) is 69.4 Å². The first kappa shape index (κ1) is 27.1. The Labute approximate surface area is 209 Å². The van der Waals surface area contributed by atoms with Gasteiger partial charge >= 0.3 is 0 Å². The van der Waals surface area contributed by atoms with E-state index in [-0.39, 0.29) is 25.3 Å². The van der Waals surface area contributed by atoms with Crippen LogP contribution in [0.25, 0.3) is 11.2 Å². The number of nitrogens with zero attached hydrogens (tertiary/aromatic N) is 6. The molecule has 0 aromatic carbocycles. The Morgan fingerprint density at radius 1 is 1.14 bits per heavy atom. The average Bonchev–Trinajstić information content (AvgIpc) is 3.38. The molecule has 3 rings (SSSR count). The lowest BCUT2D eigenvalue weighted by molar-refractivity contribution is -0.130. The summed E-state index contributed by atoms with van der Waals surface area (Å²) in [7, 11) is 3.30. The maximum absolute atomic E-state index is 12.7. The van der Waals surface area contributed by atoms with Crippen molar-refractivity contribution < 1.29 is 19.8 Å². The third-order valence-corrected chi connectivity index (χ3v) is 7.05. The molecular weight excluding hydrogens is 472 g/mol. The molecule has 12 nitrogen and oxygen atoms in total. The predicted octanol–water partition coefficient (Wildman–Crippen LogP) is 0.813. The molecule has 0 saturated heterocycles. The molecule has 2 aromatic rings. The Morgan fingerprint density at radius 2 is 1.91 bits per heavy atom. The topological polar surface area (TPSA) is 158 Å². The van der Waals surface area contributed by atoms with E-state index in [0.717, 1.165) is 31.6 Å². The second-order valence-electron chi connectivity index (χ2n) is 8.91. The minimum atomic E-state index is -1.28. The SMILES string of the molecule is CCCCNc1nc(SCCC)nc2c1nnn2[C@@H]1C[C@H](C(=O)NCCC(=O)N(C)C)[C@@H](O)[C@H]1O. The lowest BCUT2D eigenvalue weighted by Crippen LogP contribution is -2.39. The monoisotopic (exact) mass is 508 g/mol. The van der Waals surface area contributed by atoms with E-state index in [4.69, 9.17) is 0 Å². The zero-order valence-corrected chi connectivity index (χ0v) is 21.6. The summed E-state index contributed by atoms with van der Waals surface area (Å²) in [5.41, 5.74) is 0.935. The zero-order valence-electron chi connectivity index (χ0n) is 20.8. The Hall–Kier alpha value is -2.51. The number of anilines is 1. The van der Waals surface area contributed by atoms with Crippen LogP contribution in [0.5, 0.6) is 0 Å². The van der Waals surface area contributed by atoms with Gasteiger partial charge in [0.1, 0.15) is 6.10 Å². The highest BCUT2D eigenvalue weighted by atomic mass is 32.2. The highest BCUT2D eigenvalue weighted by Gasteiger charge is 2.47. The molecule has 0 unspecified atom stereocenters. The molecule has 13 heteroatoms. The Balaban J connectivity index is 1.81. The second kappa shape index (κ2) is 12.5. The Bertz CT molecular complexity index is 1020. The van der Waals surface area contributed by atoms with Gasteiger partial charge in [0.05, 0.1) is 18.1 Å². The molecule has 35 heavy (non-hydrogen) atoms. The summed E-state index contributed by atoms with van der Waals surface area (Å²) >= 11 is 1.53. The van der Waals surface area contributed by atoms with E-state index in [1.54, 1.807) is 14.1 Å². The number of fused-ring (bicyclic) bond motifs is 1. The summed E-state index contributed by atoms with van der Waals surface area (Å²) in [5.74, 6) is 0.0720. The number of hydrogen-bond acceptors (Lipinski definition) is 10. The van der Waals surface area contributed by atoms with Crippen LogP contribution in [0.4, 0.5) is 5.82 Å². The zero-order chi connectivity index (χ0) is 25.5. The van der Waals surface area contributed by atoms with Gasteiger partial charge in [-0.2, -0.15) is 0 Å². The summed E-state index contributed by atoms with van der Waals surface area (Å²) in [4.78, 5) is 35.2. The third-order valence-electron chi connectivity index (χ3n) is 6.00. The predicted molar refractivity (Wildman–Crippen MR) is 133 cm³/mol. The molecule has 1 aliphatic rings. The first-order valence-corrected chi connectivity index (χ1v) is 13.1. The van der Waals surface area contributed by atoms with Crippen molar-refractivity contribution in [2.75, 3.05) is 38.3 Å². The fraction of sp³-hybridized carbons (Fsp3) is 0.727. The van der Waals surface area contributed by atoms with Crippen molar-refractivity contribution in [3.8, 4) is 0 Å². The highest BCUT2D eigenvalue weighted by Crippen LogP contribution is 2.37. The van der Waals surface area contributed by atoms with Gasteiger partial charge in [0.2, 0.25) is 11.8 Å². The number of unbranched alkanes of at least 4 members (excludes halogenated alkanes) is 1. The van der Waals surface area contributed by atoms with Crippen molar-refractivity contribution >= 4 is 40.6 Å². The van der Waals surface area contributed by atoms with Gasteiger partial charge in [-0.05, 0) is 19.3 Å². The first-order chi connectivity index (χ1) is 16.8. The molecule has 0 aliphatic heterocycles. The molecule has 0 spiro atoms. The standard InChI is InChI=1S/C22H36N8O4S/c1-5-7-9-23-19-16-20(26-22(25-19)35-11-6-2)30(28-27-16)14-12-13(17(32)18(14)33)21(34)24-10-8-15(31)29(3)4/h13-14,17-18,32-33H,5-12H2,1-4H3,(H,24,34)(H,23,25,26)/t13-,14+,17+,18-/m0/s1. The summed E-state index contributed by atoms with van der Waals surface area (Å²) in [6, 6.07) is -0.684. The van der Waals surface area contributed by atoms with Gasteiger partial charge in [0.15, 0.2) is 22.1 Å². The normalized spacial score (nSPS) is 21.9. The van der Waals surface area contributed by atoms with E-state index < -0.39 is 30.1 Å². The Morgan fingerprint density at radius 3 is 2.60 bits per heavy atom. The van der Waals surface area contributed by atoms with Crippen LogP contribution in [0.15, 0.2) is 5.16 Å². The largest absolute Gasteiger partial charge is 0.390 e. The van der Waals surface area contributed by atoms with Crippen LogP contribution in [0.3, 0.4) is 0 Å². The quantitative estimate of drug-likeness (QED) is 0.184. The van der Waals surface area contributed by atoms with Crippen LogP contribution in [0.1, 0.15) is 52.0 Å². The molecule has 4 atom stereocenters. The number of carbonyl (C=O) groups excluding carboxylic acids is 2. The van der Waals surface area contributed by atoms with Crippen molar-refractivity contribution in [1.82, 2.24) is 35.2 Å². The van der Waals surface area contributed by atoms with Crippen molar-refractivity contribution in [1.29, 1.82) is 0 Å². The molecule has 2 aromatic heterocycles. The van der Waals surface area contributed by atoms with E-state index in [9.17, 15) is 19.8 Å². The van der Waals surface area contributed by atoms with E-state index in [0.29, 0.717) is 22.1 Å². The summed E-state index contributed by atoms with van der Waals surface area (Å²) < 4.78 is 1.49. The fourth-order valence-corrected chi connectivity index (χ4v) is 4.65. The maximum Gasteiger partial charge on any atom is 0.225 e. The van der Waals surface area contributed by atoms with Gasteiger partial charge in [-0.25, -0.2) is 14.6 Å². The van der Waals surface area contributed by atoms with E-state index in [1.807, 2.05) is 0 Å². The lowest BCUT2D eigenvalue weighted by Gasteiger charge is -2.17. The summed E-state index contributed by atoms with van der Waals surface area (Å²) in [6.07, 6.45) is 0.788. The number of aliphatic hydroxyl groups excluding tert-OH is 2. The summed E-state index contributed by atoms with van der Waals surface area (Å²) in [5, 5.41) is 36.5. The minimum absolute atomic E-state index is 0.107. The maximum atomic E-state index is 12.7. The Kier molecular flexibility index (Phi) is 9.63.